The molecule has 2 fully saturated rings. The van der Waals surface area contributed by atoms with E-state index < -0.39 is 23.4 Å². The number of halogens is 3. The molecule has 0 aromatic heterocycles. The Morgan fingerprint density at radius 1 is 1.35 bits per heavy atom. The van der Waals surface area contributed by atoms with Gasteiger partial charge in [0, 0.05) is 4.90 Å². The molecule has 0 radical (unpaired) electrons. The Balaban J connectivity index is 1.77. The van der Waals surface area contributed by atoms with Crippen molar-refractivity contribution in [2.75, 3.05) is 6.61 Å². The van der Waals surface area contributed by atoms with Gasteiger partial charge in [0.05, 0.1) is 22.7 Å². The molecule has 8 heteroatoms. The van der Waals surface area contributed by atoms with E-state index in [0.717, 1.165) is 0 Å². The number of hydrogen-bond donors (Lipinski definition) is 2. The van der Waals surface area contributed by atoms with Gasteiger partial charge in [0.15, 0.2) is 5.82 Å². The Labute approximate surface area is 129 Å². The second-order valence-corrected chi connectivity index (χ2v) is 6.71. The molecule has 2 heterocycles. The lowest BCUT2D eigenvalue weighted by molar-refractivity contribution is -0.251. The van der Waals surface area contributed by atoms with Gasteiger partial charge in [-0.05, 0) is 12.1 Å². The second-order valence-electron chi connectivity index (χ2n) is 4.73. The second kappa shape index (κ2) is 5.61. The van der Waals surface area contributed by atoms with Crippen molar-refractivity contribution >= 4 is 35.0 Å². The Hall–Kier alpha value is -0.0800. The van der Waals surface area contributed by atoms with Crippen molar-refractivity contribution in [2.45, 2.75) is 34.7 Å². The van der Waals surface area contributed by atoms with E-state index in [1.165, 1.54) is 23.9 Å². The van der Waals surface area contributed by atoms with Crippen LogP contribution in [0.25, 0.3) is 0 Å². The Bertz CT molecular complexity index is 512. The summed E-state index contributed by atoms with van der Waals surface area (Å²) < 4.78 is 24.3. The van der Waals surface area contributed by atoms with Crippen LogP contribution in [0.15, 0.2) is 17.0 Å². The first-order valence-electron chi connectivity index (χ1n) is 5.99. The highest BCUT2D eigenvalue weighted by Crippen LogP contribution is 2.39. The van der Waals surface area contributed by atoms with Gasteiger partial charge in [-0.2, -0.15) is 0 Å². The van der Waals surface area contributed by atoms with Crippen LogP contribution in [-0.4, -0.2) is 41.5 Å². The van der Waals surface area contributed by atoms with Gasteiger partial charge in [0.2, 0.25) is 0 Å². The molecule has 20 heavy (non-hydrogen) atoms. The third kappa shape index (κ3) is 2.54. The van der Waals surface area contributed by atoms with E-state index in [-0.39, 0.29) is 22.3 Å². The summed E-state index contributed by atoms with van der Waals surface area (Å²) in [6.07, 6.45) is -1.26. The molecule has 0 saturated carbocycles. The van der Waals surface area contributed by atoms with Crippen LogP contribution in [0.5, 0.6) is 0 Å². The summed E-state index contributed by atoms with van der Waals surface area (Å²) >= 11 is 12.7. The number of aliphatic hydroxyl groups is 1. The molecule has 2 aliphatic rings. The summed E-state index contributed by atoms with van der Waals surface area (Å²) in [5, 5.41) is 9.98. The average Bonchev–Trinajstić information content (AvgIpc) is 2.36. The van der Waals surface area contributed by atoms with Crippen LogP contribution < -0.4 is 5.73 Å². The van der Waals surface area contributed by atoms with E-state index in [4.69, 9.17) is 38.4 Å². The number of benzene rings is 1. The summed E-state index contributed by atoms with van der Waals surface area (Å²) in [5.41, 5.74) is 5.35. The molecule has 1 aromatic carbocycles. The predicted octanol–water partition coefficient (Wildman–Crippen LogP) is 2.04. The molecule has 5 atom stereocenters. The van der Waals surface area contributed by atoms with E-state index in [1.807, 2.05) is 0 Å². The fourth-order valence-corrected chi connectivity index (χ4v) is 4.00. The van der Waals surface area contributed by atoms with Crippen LogP contribution in [0, 0.1) is 5.82 Å². The van der Waals surface area contributed by atoms with E-state index >= 15 is 0 Å². The van der Waals surface area contributed by atoms with Crippen LogP contribution in [-0.2, 0) is 9.47 Å². The summed E-state index contributed by atoms with van der Waals surface area (Å²) in [7, 11) is 0. The molecule has 0 aliphatic carbocycles. The molecule has 0 spiro atoms. The molecule has 1 aromatic rings. The van der Waals surface area contributed by atoms with Gasteiger partial charge in [0.1, 0.15) is 23.7 Å². The molecular weight excluding hydrogens is 328 g/mol. The zero-order valence-electron chi connectivity index (χ0n) is 10.1. The van der Waals surface area contributed by atoms with Crippen LogP contribution in [0.4, 0.5) is 4.39 Å². The average molecular weight is 340 g/mol. The third-order valence-corrected chi connectivity index (χ3v) is 5.07. The molecule has 5 unspecified atom stereocenters. The van der Waals surface area contributed by atoms with Crippen molar-refractivity contribution in [2.24, 2.45) is 5.73 Å². The molecule has 0 amide bonds. The minimum atomic E-state index is -0.885. The maximum absolute atomic E-state index is 13.4. The van der Waals surface area contributed by atoms with Gasteiger partial charge in [-0.3, -0.25) is 0 Å². The maximum atomic E-state index is 13.4. The zero-order valence-corrected chi connectivity index (χ0v) is 12.5. The monoisotopic (exact) mass is 339 g/mol. The number of nitrogens with two attached hydrogens (primary N) is 1. The van der Waals surface area contributed by atoms with E-state index in [2.05, 4.69) is 0 Å². The van der Waals surface area contributed by atoms with Gasteiger partial charge in [0.25, 0.3) is 0 Å². The largest absolute Gasteiger partial charge is 0.388 e. The highest BCUT2D eigenvalue weighted by molar-refractivity contribution is 7.99. The van der Waals surface area contributed by atoms with Crippen LogP contribution in [0.3, 0.4) is 0 Å². The van der Waals surface area contributed by atoms with Gasteiger partial charge >= 0.3 is 0 Å². The third-order valence-electron chi connectivity index (χ3n) is 3.39. The van der Waals surface area contributed by atoms with E-state index in [9.17, 15) is 9.50 Å². The lowest BCUT2D eigenvalue weighted by atomic mass is 9.94. The molecule has 2 saturated heterocycles. The smallest absolute Gasteiger partial charge is 0.160 e. The van der Waals surface area contributed by atoms with Crippen LogP contribution in [0.1, 0.15) is 0 Å². The van der Waals surface area contributed by atoms with Gasteiger partial charge in [-0.1, -0.05) is 35.0 Å². The number of rotatable bonds is 2. The molecule has 110 valence electrons. The summed E-state index contributed by atoms with van der Waals surface area (Å²) in [6.45, 7) is 0.465. The van der Waals surface area contributed by atoms with Gasteiger partial charge in [-0.25, -0.2) is 4.39 Å². The van der Waals surface area contributed by atoms with Crippen molar-refractivity contribution in [3.63, 3.8) is 0 Å². The Kier molecular flexibility index (Phi) is 4.16. The summed E-state index contributed by atoms with van der Waals surface area (Å²) in [6, 6.07) is 2.38. The van der Waals surface area contributed by atoms with Crippen molar-refractivity contribution in [1.29, 1.82) is 0 Å². The van der Waals surface area contributed by atoms with Crippen molar-refractivity contribution in [3.8, 4) is 0 Å². The molecule has 0 bridgehead atoms. The first kappa shape index (κ1) is 14.8. The normalized spacial score (nSPS) is 36.4. The maximum Gasteiger partial charge on any atom is 0.160 e. The summed E-state index contributed by atoms with van der Waals surface area (Å²) in [4.78, 5) is 0.608. The minimum Gasteiger partial charge on any atom is -0.388 e. The first-order valence-corrected chi connectivity index (χ1v) is 7.63. The van der Waals surface area contributed by atoms with E-state index in [1.54, 1.807) is 0 Å². The molecular formula is C12H12Cl2FNO3S. The van der Waals surface area contributed by atoms with Crippen molar-refractivity contribution in [1.82, 2.24) is 0 Å². The molecule has 2 aliphatic heterocycles. The highest BCUT2D eigenvalue weighted by atomic mass is 35.5. The molecule has 3 rings (SSSR count). The number of fused-ring (bicyclic) bond motifs is 1. The number of ether oxygens (including phenoxy) is 2. The van der Waals surface area contributed by atoms with E-state index in [0.29, 0.717) is 11.5 Å². The number of hydrogen-bond acceptors (Lipinski definition) is 5. The Morgan fingerprint density at radius 3 is 2.55 bits per heavy atom. The van der Waals surface area contributed by atoms with Crippen molar-refractivity contribution in [3.05, 3.63) is 28.0 Å². The van der Waals surface area contributed by atoms with Crippen LogP contribution >= 0.6 is 35.0 Å². The fraction of sp³-hybridized carbons (Fsp3) is 0.500. The zero-order chi connectivity index (χ0) is 14.4. The topological polar surface area (TPSA) is 64.7 Å². The quantitative estimate of drug-likeness (QED) is 0.807. The Morgan fingerprint density at radius 2 is 2.00 bits per heavy atom. The number of thioether (sulfide) groups is 1. The number of aliphatic hydroxyl groups excluding tert-OH is 1. The molecule has 3 N–H and O–H groups in total. The van der Waals surface area contributed by atoms with Gasteiger partial charge in [-0.15, -0.1) is 0 Å². The lowest BCUT2D eigenvalue weighted by Gasteiger charge is -2.48. The predicted molar refractivity (Wildman–Crippen MR) is 74.7 cm³/mol. The SMILES string of the molecule is NC1C(O)C(Sc2cc(Cl)c(F)c(Cl)c2)OC2COC21. The minimum absolute atomic E-state index is 0.0700. The fourth-order valence-electron chi connectivity index (χ4n) is 2.22. The summed E-state index contributed by atoms with van der Waals surface area (Å²) in [5.74, 6) is -0.660. The van der Waals surface area contributed by atoms with Crippen molar-refractivity contribution < 1.29 is 19.0 Å². The molecule has 4 nitrogen and oxygen atoms in total. The van der Waals surface area contributed by atoms with Crippen LogP contribution in [0.2, 0.25) is 10.0 Å². The first-order chi connectivity index (χ1) is 9.47. The standard InChI is InChI=1S/C12H12Cl2FNO3S/c13-5-1-4(2-6(14)8(5)15)20-12-10(17)9(16)11-7(19-12)3-18-11/h1-2,7,9-12,17H,3,16H2. The highest BCUT2D eigenvalue weighted by Gasteiger charge is 2.49. The van der Waals surface area contributed by atoms with Gasteiger partial charge < -0.3 is 20.3 Å². The lowest BCUT2D eigenvalue weighted by Crippen LogP contribution is -2.67.